The van der Waals surface area contributed by atoms with Gasteiger partial charge in [0.25, 0.3) is 0 Å². The quantitative estimate of drug-likeness (QED) is 0.457. The van der Waals surface area contributed by atoms with Crippen LogP contribution >= 0.6 is 15.9 Å². The molecule has 0 fully saturated rings. The minimum absolute atomic E-state index is 0.420. The van der Waals surface area contributed by atoms with Gasteiger partial charge in [-0.25, -0.2) is 4.98 Å². The topological polar surface area (TPSA) is 44.1 Å². The molecule has 1 aromatic heterocycles. The molecule has 1 aromatic rings. The molecule has 0 amide bonds. The Morgan fingerprint density at radius 2 is 2.40 bits per heavy atom. The maximum Gasteiger partial charge on any atom is 0.179 e. The molecule has 15 heavy (non-hydrogen) atoms. The molecule has 0 saturated heterocycles. The maximum absolute atomic E-state index is 10.5. The van der Waals surface area contributed by atoms with Gasteiger partial charge in [-0.2, -0.15) is 0 Å². The van der Waals surface area contributed by atoms with E-state index in [1.165, 1.54) is 6.04 Å². The zero-order valence-corrected chi connectivity index (χ0v) is 11.7. The highest BCUT2D eigenvalue weighted by Gasteiger charge is 2.04. The minimum Gasteiger partial charge on any atom is -0.361 e. The maximum atomic E-state index is 10.5. The molecule has 0 spiro atoms. The monoisotopic (exact) mass is 290 g/mol. The van der Waals surface area contributed by atoms with E-state index in [-0.39, 0.29) is 0 Å². The van der Waals surface area contributed by atoms with Crippen LogP contribution in [0.1, 0.15) is 10.5 Å². The van der Waals surface area contributed by atoms with E-state index < -0.39 is 8.80 Å². The summed E-state index contributed by atoms with van der Waals surface area (Å²) in [5.41, 5.74) is 0.420. The molecule has 0 unspecified atom stereocenters. The zero-order valence-electron chi connectivity index (χ0n) is 8.94. The number of nitrogens with zero attached hydrogens (tertiary/aromatic N) is 2. The lowest BCUT2D eigenvalue weighted by Gasteiger charge is -2.06. The first-order valence-electron chi connectivity index (χ1n) is 4.89. The average Bonchev–Trinajstić information content (AvgIpc) is 2.54. The summed E-state index contributed by atoms with van der Waals surface area (Å²) >= 11 is 3.26. The van der Waals surface area contributed by atoms with Gasteiger partial charge >= 0.3 is 0 Å². The van der Waals surface area contributed by atoms with Crippen LogP contribution in [-0.2, 0) is 11.5 Å². The van der Waals surface area contributed by atoms with Crippen molar-refractivity contribution in [2.45, 2.75) is 25.9 Å². The first-order valence-corrected chi connectivity index (χ1v) is 8.81. The predicted molar refractivity (Wildman–Crippen MR) is 65.0 cm³/mol. The van der Waals surface area contributed by atoms with Crippen LogP contribution in [0.25, 0.3) is 0 Å². The Bertz CT molecular complexity index is 328. The molecule has 0 aromatic carbocycles. The van der Waals surface area contributed by atoms with E-state index in [4.69, 9.17) is 4.74 Å². The Morgan fingerprint density at radius 1 is 1.67 bits per heavy atom. The van der Waals surface area contributed by atoms with Crippen molar-refractivity contribution in [1.82, 2.24) is 9.55 Å². The van der Waals surface area contributed by atoms with Crippen molar-refractivity contribution in [3.05, 3.63) is 16.6 Å². The van der Waals surface area contributed by atoms with E-state index in [1.807, 2.05) is 0 Å². The van der Waals surface area contributed by atoms with Gasteiger partial charge in [0.05, 0.1) is 0 Å². The van der Waals surface area contributed by atoms with Gasteiger partial charge in [-0.05, 0) is 22.0 Å². The molecule has 0 bridgehead atoms. The summed E-state index contributed by atoms with van der Waals surface area (Å²) in [6.07, 6.45) is 2.40. The lowest BCUT2D eigenvalue weighted by atomic mass is 10.5. The van der Waals surface area contributed by atoms with E-state index in [9.17, 15) is 4.79 Å². The Balaban J connectivity index is 2.36. The Hall–Kier alpha value is -0.463. The third-order valence-electron chi connectivity index (χ3n) is 1.94. The summed E-state index contributed by atoms with van der Waals surface area (Å²) in [6.45, 7) is 5.81. The molecule has 1 heterocycles. The molecule has 0 aliphatic carbocycles. The molecule has 0 radical (unpaired) electrons. The van der Waals surface area contributed by atoms with Crippen LogP contribution in [0.15, 0.2) is 10.9 Å². The van der Waals surface area contributed by atoms with E-state index in [0.717, 1.165) is 12.9 Å². The van der Waals surface area contributed by atoms with Crippen LogP contribution in [0.3, 0.4) is 0 Å². The summed E-state index contributed by atoms with van der Waals surface area (Å²) < 4.78 is 7.88. The number of carbonyl (C=O) groups excluding carboxylic acids is 1. The van der Waals surface area contributed by atoms with Crippen LogP contribution in [0.5, 0.6) is 0 Å². The first kappa shape index (κ1) is 12.6. The normalized spacial score (nSPS) is 10.9. The van der Waals surface area contributed by atoms with Gasteiger partial charge in [0, 0.05) is 21.6 Å². The summed E-state index contributed by atoms with van der Waals surface area (Å²) in [5.74, 6) is 0. The van der Waals surface area contributed by atoms with Crippen LogP contribution in [0.2, 0.25) is 19.1 Å². The molecule has 0 atom stereocenters. The summed E-state index contributed by atoms with van der Waals surface area (Å²) in [7, 11) is -0.527. The fourth-order valence-corrected chi connectivity index (χ4v) is 2.09. The van der Waals surface area contributed by atoms with Gasteiger partial charge < -0.3 is 9.30 Å². The van der Waals surface area contributed by atoms with Crippen molar-refractivity contribution in [2.24, 2.45) is 0 Å². The average molecular weight is 291 g/mol. The number of rotatable bonds is 6. The van der Waals surface area contributed by atoms with E-state index >= 15 is 0 Å². The number of ether oxygens (including phenoxy) is 1. The summed E-state index contributed by atoms with van der Waals surface area (Å²) in [4.78, 5) is 14.4. The van der Waals surface area contributed by atoms with Gasteiger partial charge in [-0.15, -0.1) is 0 Å². The molecule has 6 heteroatoms. The predicted octanol–water partition coefficient (Wildman–Crippen LogP) is 1.92. The lowest BCUT2D eigenvalue weighted by molar-refractivity contribution is 0.0859. The third-order valence-corrected chi connectivity index (χ3v) is 3.96. The standard InChI is InChI=1S/C9H15BrN2O2Si/c1-15(2)4-3-14-7-12-5-8(6-13)11-9(12)10/h5-6,15H,3-4,7H2,1-2H3. The van der Waals surface area contributed by atoms with Crippen molar-refractivity contribution in [3.63, 3.8) is 0 Å². The van der Waals surface area contributed by atoms with Gasteiger partial charge in [0.2, 0.25) is 0 Å². The summed E-state index contributed by atoms with van der Waals surface area (Å²) in [6, 6.07) is 1.17. The molecule has 0 N–H and O–H groups in total. The van der Waals surface area contributed by atoms with Crippen molar-refractivity contribution >= 4 is 31.0 Å². The molecule has 1 rings (SSSR count). The van der Waals surface area contributed by atoms with E-state index in [1.54, 1.807) is 10.8 Å². The molecule has 0 aliphatic heterocycles. The molecular formula is C9H15BrN2O2Si. The molecular weight excluding hydrogens is 276 g/mol. The van der Waals surface area contributed by atoms with Crippen molar-refractivity contribution in [3.8, 4) is 0 Å². The van der Waals surface area contributed by atoms with Crippen LogP contribution < -0.4 is 0 Å². The number of halogens is 1. The fourth-order valence-electron chi connectivity index (χ4n) is 1.04. The van der Waals surface area contributed by atoms with Gasteiger partial charge in [0.1, 0.15) is 12.4 Å². The van der Waals surface area contributed by atoms with E-state index in [2.05, 4.69) is 34.0 Å². The summed E-state index contributed by atoms with van der Waals surface area (Å²) in [5, 5.41) is 0. The molecule has 0 saturated carbocycles. The highest BCUT2D eigenvalue weighted by molar-refractivity contribution is 9.10. The van der Waals surface area contributed by atoms with Crippen molar-refractivity contribution in [2.75, 3.05) is 6.61 Å². The number of hydrogen-bond donors (Lipinski definition) is 0. The minimum atomic E-state index is -0.527. The molecule has 0 aliphatic rings. The molecule has 84 valence electrons. The smallest absolute Gasteiger partial charge is 0.179 e. The van der Waals surface area contributed by atoms with Crippen molar-refractivity contribution in [1.29, 1.82) is 0 Å². The number of imidazole rings is 1. The van der Waals surface area contributed by atoms with E-state index in [0.29, 0.717) is 17.2 Å². The lowest BCUT2D eigenvalue weighted by Crippen LogP contribution is -2.08. The largest absolute Gasteiger partial charge is 0.361 e. The Morgan fingerprint density at radius 3 is 2.93 bits per heavy atom. The second-order valence-corrected chi connectivity index (χ2v) is 7.82. The number of aromatic nitrogens is 2. The van der Waals surface area contributed by atoms with Gasteiger partial charge in [0.15, 0.2) is 11.0 Å². The third kappa shape index (κ3) is 4.27. The van der Waals surface area contributed by atoms with Crippen molar-refractivity contribution < 1.29 is 9.53 Å². The second kappa shape index (κ2) is 6.19. The Kier molecular flexibility index (Phi) is 5.20. The second-order valence-electron chi connectivity index (χ2n) is 3.74. The highest BCUT2D eigenvalue weighted by atomic mass is 79.9. The Labute approximate surface area is 99.4 Å². The highest BCUT2D eigenvalue weighted by Crippen LogP contribution is 2.09. The van der Waals surface area contributed by atoms with Gasteiger partial charge in [-0.1, -0.05) is 13.1 Å². The first-order chi connectivity index (χ1) is 7.13. The number of hydrogen-bond acceptors (Lipinski definition) is 3. The van der Waals surface area contributed by atoms with Gasteiger partial charge in [-0.3, -0.25) is 4.79 Å². The number of aldehydes is 1. The zero-order chi connectivity index (χ0) is 11.3. The van der Waals surface area contributed by atoms with Crippen LogP contribution in [-0.4, -0.2) is 31.2 Å². The number of carbonyl (C=O) groups is 1. The fraction of sp³-hybridized carbons (Fsp3) is 0.556. The SMILES string of the molecule is C[SiH](C)CCOCn1cc(C=O)nc1Br. The van der Waals surface area contributed by atoms with Crippen LogP contribution in [0, 0.1) is 0 Å². The molecule has 4 nitrogen and oxygen atoms in total. The van der Waals surface area contributed by atoms with Crippen LogP contribution in [0.4, 0.5) is 0 Å².